The third-order valence-corrected chi connectivity index (χ3v) is 6.96. The van der Waals surface area contributed by atoms with E-state index in [0.29, 0.717) is 54.8 Å². The van der Waals surface area contributed by atoms with E-state index in [1.807, 2.05) is 0 Å². The molecule has 10 nitrogen and oxygen atoms in total. The number of likely N-dealkylation sites (tertiary alicyclic amines) is 1. The number of hydrogen-bond donors (Lipinski definition) is 3. The Kier molecular flexibility index (Phi) is 6.23. The van der Waals surface area contributed by atoms with Crippen LogP contribution in [0.15, 0.2) is 52.2 Å². The van der Waals surface area contributed by atoms with Gasteiger partial charge in [0, 0.05) is 24.3 Å². The van der Waals surface area contributed by atoms with Crippen LogP contribution in [-0.4, -0.2) is 54.9 Å². The molecule has 0 atom stereocenters. The first kappa shape index (κ1) is 22.6. The van der Waals surface area contributed by atoms with Crippen molar-refractivity contribution in [3.63, 3.8) is 0 Å². The zero-order chi connectivity index (χ0) is 23.6. The number of amides is 1. The summed E-state index contributed by atoms with van der Waals surface area (Å²) in [4.78, 5) is 42.8. The monoisotopic (exact) mass is 472 g/mol. The van der Waals surface area contributed by atoms with E-state index in [9.17, 15) is 22.8 Å². The zero-order valence-electron chi connectivity index (χ0n) is 18.0. The van der Waals surface area contributed by atoms with Gasteiger partial charge in [0.05, 0.1) is 28.5 Å². The quantitative estimate of drug-likeness (QED) is 0.469. The summed E-state index contributed by atoms with van der Waals surface area (Å²) in [5, 5.41) is 0. The third-order valence-electron chi connectivity index (χ3n) is 5.58. The molecule has 1 aliphatic rings. The highest BCUT2D eigenvalue weighted by Crippen LogP contribution is 2.22. The summed E-state index contributed by atoms with van der Waals surface area (Å²) in [6.45, 7) is 3.03. The van der Waals surface area contributed by atoms with E-state index in [1.165, 1.54) is 30.3 Å². The Bertz CT molecular complexity index is 1340. The first-order valence-corrected chi connectivity index (χ1v) is 12.1. The van der Waals surface area contributed by atoms with Crippen LogP contribution in [0.3, 0.4) is 0 Å². The number of carbonyl (C=O) groups excluding carboxylic acids is 2. The van der Waals surface area contributed by atoms with Crippen molar-refractivity contribution in [2.75, 3.05) is 24.4 Å². The lowest BCUT2D eigenvalue weighted by atomic mass is 9.96. The number of esters is 1. The van der Waals surface area contributed by atoms with Crippen molar-refractivity contribution in [2.45, 2.75) is 24.7 Å². The van der Waals surface area contributed by atoms with E-state index in [4.69, 9.17) is 4.74 Å². The third kappa shape index (κ3) is 4.92. The molecule has 11 heteroatoms. The number of rotatable bonds is 6. The summed E-state index contributed by atoms with van der Waals surface area (Å²) in [5.41, 5.74) is 1.20. The minimum absolute atomic E-state index is 0.00475. The van der Waals surface area contributed by atoms with Crippen molar-refractivity contribution in [1.29, 1.82) is 0 Å². The Morgan fingerprint density at radius 3 is 2.39 bits per heavy atom. The van der Waals surface area contributed by atoms with Gasteiger partial charge in [-0.05, 0) is 62.2 Å². The molecule has 0 spiro atoms. The number of sulfonamides is 1. The smallest absolute Gasteiger partial charge is 0.323 e. The minimum atomic E-state index is -3.89. The van der Waals surface area contributed by atoms with Crippen LogP contribution in [-0.2, 0) is 19.6 Å². The lowest BCUT2D eigenvalue weighted by Crippen LogP contribution is -2.40. The Labute approximate surface area is 190 Å². The van der Waals surface area contributed by atoms with Crippen LogP contribution in [0.1, 0.15) is 30.1 Å². The first-order valence-electron chi connectivity index (χ1n) is 10.6. The number of ether oxygens (including phenoxy) is 1. The van der Waals surface area contributed by atoms with Crippen molar-refractivity contribution >= 4 is 38.6 Å². The zero-order valence-corrected chi connectivity index (χ0v) is 18.8. The number of nitrogens with one attached hydrogen (secondary N) is 3. The summed E-state index contributed by atoms with van der Waals surface area (Å²) >= 11 is 0. The molecule has 3 N–H and O–H groups in total. The predicted octanol–water partition coefficient (Wildman–Crippen LogP) is 2.07. The van der Waals surface area contributed by atoms with Crippen molar-refractivity contribution in [1.82, 2.24) is 14.9 Å². The van der Waals surface area contributed by atoms with E-state index in [1.54, 1.807) is 24.0 Å². The molecule has 0 bridgehead atoms. The van der Waals surface area contributed by atoms with Gasteiger partial charge in [-0.1, -0.05) is 0 Å². The molecule has 1 aliphatic heterocycles. The molecule has 1 amide bonds. The normalized spacial score (nSPS) is 14.9. The van der Waals surface area contributed by atoms with Gasteiger partial charge in [-0.25, -0.2) is 13.2 Å². The molecular formula is C22H24N4O6S. The Morgan fingerprint density at radius 2 is 1.73 bits per heavy atom. The number of H-pyrrole nitrogens is 2. The van der Waals surface area contributed by atoms with Crippen molar-refractivity contribution < 1.29 is 22.7 Å². The molecule has 1 fully saturated rings. The van der Waals surface area contributed by atoms with Gasteiger partial charge in [0.2, 0.25) is 0 Å². The molecule has 0 radical (unpaired) electrons. The maximum Gasteiger partial charge on any atom is 0.323 e. The molecule has 0 saturated carbocycles. The first-order chi connectivity index (χ1) is 15.8. The van der Waals surface area contributed by atoms with E-state index in [0.717, 1.165) is 0 Å². The average Bonchev–Trinajstić information content (AvgIpc) is 3.18. The average molecular weight is 473 g/mol. The van der Waals surface area contributed by atoms with Gasteiger partial charge in [-0.3, -0.25) is 14.3 Å². The molecule has 33 heavy (non-hydrogen) atoms. The number of carbonyl (C=O) groups is 2. The second-order valence-corrected chi connectivity index (χ2v) is 9.47. The number of benzene rings is 2. The summed E-state index contributed by atoms with van der Waals surface area (Å²) in [6, 6.07) is 10.4. The molecule has 2 heterocycles. The highest BCUT2D eigenvalue weighted by Gasteiger charge is 2.28. The fourth-order valence-electron chi connectivity index (χ4n) is 3.83. The fraction of sp³-hybridized carbons (Fsp3) is 0.318. The van der Waals surface area contributed by atoms with Gasteiger partial charge in [0.25, 0.3) is 15.9 Å². The topological polar surface area (TPSA) is 141 Å². The fourth-order valence-corrected chi connectivity index (χ4v) is 4.92. The van der Waals surface area contributed by atoms with Gasteiger partial charge in [0.1, 0.15) is 0 Å². The van der Waals surface area contributed by atoms with Gasteiger partial charge < -0.3 is 19.6 Å². The molecular weight excluding hydrogens is 448 g/mol. The number of anilines is 1. The standard InChI is InChI=1S/C22H24N4O6S/c1-2-32-21(28)15-9-11-26(12-10-15)20(27)14-3-5-16(6-4-14)25-33(30,31)17-7-8-18-19(13-17)24-22(29)23-18/h3-8,13,15,25H,2,9-12H2,1H3,(H2,23,24,29). The van der Waals surface area contributed by atoms with Crippen LogP contribution in [0, 0.1) is 5.92 Å². The molecule has 1 saturated heterocycles. The lowest BCUT2D eigenvalue weighted by molar-refractivity contribution is -0.149. The minimum Gasteiger partial charge on any atom is -0.466 e. The Hall–Kier alpha value is -3.60. The molecule has 4 rings (SSSR count). The number of imidazole rings is 1. The van der Waals surface area contributed by atoms with Crippen LogP contribution < -0.4 is 10.4 Å². The van der Waals surface area contributed by atoms with E-state index >= 15 is 0 Å². The van der Waals surface area contributed by atoms with Crippen LogP contribution in [0.2, 0.25) is 0 Å². The highest BCUT2D eigenvalue weighted by atomic mass is 32.2. The van der Waals surface area contributed by atoms with Crippen LogP contribution in [0.4, 0.5) is 5.69 Å². The van der Waals surface area contributed by atoms with Crippen LogP contribution in [0.5, 0.6) is 0 Å². The largest absolute Gasteiger partial charge is 0.466 e. The summed E-state index contributed by atoms with van der Waals surface area (Å²) in [6.07, 6.45) is 1.11. The van der Waals surface area contributed by atoms with Gasteiger partial charge in [-0.15, -0.1) is 0 Å². The van der Waals surface area contributed by atoms with E-state index < -0.39 is 15.7 Å². The number of nitrogens with zero attached hydrogens (tertiary/aromatic N) is 1. The van der Waals surface area contributed by atoms with Crippen LogP contribution >= 0.6 is 0 Å². The number of fused-ring (bicyclic) bond motifs is 1. The number of aromatic amines is 2. The molecule has 0 unspecified atom stereocenters. The molecule has 1 aromatic heterocycles. The summed E-state index contributed by atoms with van der Waals surface area (Å²) < 4.78 is 33.0. The predicted molar refractivity (Wildman–Crippen MR) is 121 cm³/mol. The van der Waals surface area contributed by atoms with E-state index in [2.05, 4.69) is 14.7 Å². The number of piperidine rings is 1. The molecule has 2 aromatic carbocycles. The summed E-state index contributed by atoms with van der Waals surface area (Å²) in [5.74, 6) is -0.578. The molecule has 3 aromatic rings. The number of aromatic nitrogens is 2. The van der Waals surface area contributed by atoms with E-state index in [-0.39, 0.29) is 22.7 Å². The maximum atomic E-state index is 12.8. The Morgan fingerprint density at radius 1 is 1.06 bits per heavy atom. The van der Waals surface area contributed by atoms with Crippen molar-refractivity contribution in [3.8, 4) is 0 Å². The van der Waals surface area contributed by atoms with Crippen molar-refractivity contribution in [2.24, 2.45) is 5.92 Å². The lowest BCUT2D eigenvalue weighted by Gasteiger charge is -2.31. The second-order valence-electron chi connectivity index (χ2n) is 7.79. The molecule has 174 valence electrons. The highest BCUT2D eigenvalue weighted by molar-refractivity contribution is 7.92. The van der Waals surface area contributed by atoms with Gasteiger partial charge in [-0.2, -0.15) is 0 Å². The van der Waals surface area contributed by atoms with Crippen LogP contribution in [0.25, 0.3) is 11.0 Å². The van der Waals surface area contributed by atoms with Gasteiger partial charge >= 0.3 is 11.7 Å². The SMILES string of the molecule is CCOC(=O)C1CCN(C(=O)c2ccc(NS(=O)(=O)c3ccc4[nH]c(=O)[nH]c4c3)cc2)CC1. The van der Waals surface area contributed by atoms with Crippen molar-refractivity contribution in [3.05, 3.63) is 58.5 Å². The summed E-state index contributed by atoms with van der Waals surface area (Å²) in [7, 11) is -3.89. The molecule has 0 aliphatic carbocycles. The Balaban J connectivity index is 1.41. The number of hydrogen-bond acceptors (Lipinski definition) is 6. The maximum absolute atomic E-state index is 12.8. The second kappa shape index (κ2) is 9.10. The van der Waals surface area contributed by atoms with Gasteiger partial charge in [0.15, 0.2) is 0 Å².